The lowest BCUT2D eigenvalue weighted by Gasteiger charge is -2.01. The average molecular weight is 235 g/mol. The first-order valence-electron chi connectivity index (χ1n) is 7.96. The smallest absolute Gasteiger partial charge is 0.423 e. The highest BCUT2D eigenvalue weighted by atomic mass is 32.1. The molecule has 0 unspecified atom stereocenters. The second-order valence-electron chi connectivity index (χ2n) is 3.17. The normalized spacial score (nSPS) is 17.2. The van der Waals surface area contributed by atoms with Crippen LogP contribution in [0.2, 0.25) is 0 Å². The van der Waals surface area contributed by atoms with Gasteiger partial charge in [0.25, 0.3) is 0 Å². The molecule has 2 aromatic carbocycles. The summed E-state index contributed by atoms with van der Waals surface area (Å²) < 4.78 is 55.4. The van der Waals surface area contributed by atoms with Crippen molar-refractivity contribution in [3.63, 3.8) is 0 Å². The maximum Gasteiger partial charge on any atom is 0.489 e. The Bertz CT molecular complexity index is 986. The average Bonchev–Trinajstić information content (AvgIpc) is 2.88. The number of rotatable bonds is 1. The molecule has 78 valence electrons. The Labute approximate surface area is 107 Å². The molecule has 0 spiro atoms. The third-order valence-corrected chi connectivity index (χ3v) is 3.26. The van der Waals surface area contributed by atoms with Crippen LogP contribution in [0.3, 0.4) is 0 Å². The van der Waals surface area contributed by atoms with E-state index in [-0.39, 0.29) is 43.8 Å². The molecule has 0 saturated heterocycles. The van der Waals surface area contributed by atoms with Gasteiger partial charge in [0.1, 0.15) is 0 Å². The van der Waals surface area contributed by atoms with Gasteiger partial charge in [-0.1, -0.05) is 30.2 Å². The van der Waals surface area contributed by atoms with Crippen LogP contribution in [0.15, 0.2) is 42.3 Å². The summed E-state index contributed by atoms with van der Waals surface area (Å²) in [5.41, 5.74) is -0.322. The zero-order valence-corrected chi connectivity index (χ0v) is 8.70. The fourth-order valence-corrected chi connectivity index (χ4v) is 2.55. The van der Waals surface area contributed by atoms with Gasteiger partial charge in [-0.05, 0) is 22.9 Å². The molecule has 0 aliphatic heterocycles. The summed E-state index contributed by atoms with van der Waals surface area (Å²) in [6.45, 7) is 0. The highest BCUT2D eigenvalue weighted by molar-refractivity contribution is 7.26. The van der Waals surface area contributed by atoms with Gasteiger partial charge in [0.15, 0.2) is 0 Å². The quantitative estimate of drug-likeness (QED) is 0.630. The van der Waals surface area contributed by atoms with Gasteiger partial charge in [-0.3, -0.25) is 0 Å². The van der Waals surface area contributed by atoms with Crippen molar-refractivity contribution in [2.45, 2.75) is 0 Å². The van der Waals surface area contributed by atoms with Crippen LogP contribution >= 0.6 is 11.3 Å². The van der Waals surface area contributed by atoms with E-state index in [4.69, 9.17) is 9.60 Å². The fraction of sp³-hybridized carbons (Fsp3) is 0. The summed E-state index contributed by atoms with van der Waals surface area (Å²) in [5.74, 6) is 0. The molecule has 0 atom stereocenters. The van der Waals surface area contributed by atoms with E-state index in [1.807, 2.05) is 0 Å². The van der Waals surface area contributed by atoms with Crippen LogP contribution in [0.5, 0.6) is 0 Å². The SMILES string of the molecule is [2H]c1c([2H])c([2H])c2c(sc3c([2H])c([2H])c([2H])c(B(O)O)c32)c1[2H]. The van der Waals surface area contributed by atoms with Gasteiger partial charge in [0.2, 0.25) is 0 Å². The summed E-state index contributed by atoms with van der Waals surface area (Å²) in [4.78, 5) is 0. The van der Waals surface area contributed by atoms with E-state index in [1.54, 1.807) is 0 Å². The van der Waals surface area contributed by atoms with Gasteiger partial charge in [0.05, 0.1) is 9.60 Å². The number of thiophene rings is 1. The predicted molar refractivity (Wildman–Crippen MR) is 69.2 cm³/mol. The Hall–Kier alpha value is -1.36. The number of fused-ring (bicyclic) bond motifs is 3. The van der Waals surface area contributed by atoms with Gasteiger partial charge in [-0.15, -0.1) is 11.3 Å². The van der Waals surface area contributed by atoms with E-state index in [2.05, 4.69) is 0 Å². The molecule has 0 bridgehead atoms. The van der Waals surface area contributed by atoms with Crippen molar-refractivity contribution < 1.29 is 19.6 Å². The van der Waals surface area contributed by atoms with Crippen LogP contribution in [0.4, 0.5) is 0 Å². The van der Waals surface area contributed by atoms with Crippen molar-refractivity contribution in [1.29, 1.82) is 0 Å². The highest BCUT2D eigenvalue weighted by Crippen LogP contribution is 2.32. The Morgan fingerprint density at radius 3 is 2.56 bits per heavy atom. The van der Waals surface area contributed by atoms with Crippen LogP contribution in [0.1, 0.15) is 9.60 Å². The Kier molecular flexibility index (Phi) is 1.09. The van der Waals surface area contributed by atoms with Crippen LogP contribution in [-0.2, 0) is 0 Å². The monoisotopic (exact) mass is 235 g/mol. The van der Waals surface area contributed by atoms with Crippen molar-refractivity contribution in [2.75, 3.05) is 0 Å². The highest BCUT2D eigenvalue weighted by Gasteiger charge is 2.17. The molecule has 1 aromatic heterocycles. The van der Waals surface area contributed by atoms with Crippen molar-refractivity contribution in [3.8, 4) is 0 Å². The molecule has 4 heteroatoms. The van der Waals surface area contributed by atoms with E-state index in [9.17, 15) is 10.0 Å². The molecule has 3 rings (SSSR count). The predicted octanol–water partition coefficient (Wildman–Crippen LogP) is 1.73. The van der Waals surface area contributed by atoms with Crippen LogP contribution in [0.25, 0.3) is 20.2 Å². The number of benzene rings is 2. The van der Waals surface area contributed by atoms with Crippen LogP contribution in [0, 0.1) is 0 Å². The number of hydrogen-bond acceptors (Lipinski definition) is 3. The van der Waals surface area contributed by atoms with E-state index in [1.165, 1.54) is 0 Å². The minimum absolute atomic E-state index is 0.0259. The van der Waals surface area contributed by atoms with Gasteiger partial charge in [-0.2, -0.15) is 0 Å². The maximum atomic E-state index is 9.58. The molecular formula is C12H9BO2S. The van der Waals surface area contributed by atoms with Crippen molar-refractivity contribution in [2.24, 2.45) is 0 Å². The topological polar surface area (TPSA) is 40.5 Å². The summed E-state index contributed by atoms with van der Waals surface area (Å²) in [5, 5.41) is 19.2. The first-order chi connectivity index (χ1) is 10.7. The first kappa shape index (κ1) is 4.88. The molecule has 0 amide bonds. The molecule has 3 aromatic rings. The fourth-order valence-electron chi connectivity index (χ4n) is 1.58. The van der Waals surface area contributed by atoms with Gasteiger partial charge in [0, 0.05) is 14.8 Å². The van der Waals surface area contributed by atoms with E-state index < -0.39 is 31.3 Å². The second-order valence-corrected chi connectivity index (χ2v) is 4.19. The van der Waals surface area contributed by atoms with Crippen molar-refractivity contribution in [3.05, 3.63) is 42.3 Å². The van der Waals surface area contributed by atoms with Gasteiger partial charge >= 0.3 is 7.12 Å². The molecule has 2 nitrogen and oxygen atoms in total. The molecule has 0 aliphatic rings. The minimum Gasteiger partial charge on any atom is -0.423 e. The van der Waals surface area contributed by atoms with Gasteiger partial charge < -0.3 is 10.0 Å². The molecule has 0 radical (unpaired) electrons. The van der Waals surface area contributed by atoms with Crippen LogP contribution < -0.4 is 5.46 Å². The largest absolute Gasteiger partial charge is 0.489 e. The zero-order valence-electron chi connectivity index (χ0n) is 14.9. The van der Waals surface area contributed by atoms with Crippen LogP contribution in [-0.4, -0.2) is 17.2 Å². The zero-order chi connectivity index (χ0) is 17.2. The van der Waals surface area contributed by atoms with E-state index >= 15 is 0 Å². The molecule has 2 N–H and O–H groups in total. The van der Waals surface area contributed by atoms with Gasteiger partial charge in [-0.25, -0.2) is 0 Å². The maximum absolute atomic E-state index is 9.58. The molecule has 1 heterocycles. The summed E-state index contributed by atoms with van der Waals surface area (Å²) in [7, 11) is -2.09. The summed E-state index contributed by atoms with van der Waals surface area (Å²) in [6.07, 6.45) is 0. The van der Waals surface area contributed by atoms with E-state index in [0.717, 1.165) is 11.3 Å². The molecule has 0 fully saturated rings. The molecular weight excluding hydrogens is 219 g/mol. The lowest BCUT2D eigenvalue weighted by Crippen LogP contribution is -2.30. The molecule has 0 saturated carbocycles. The first-order valence-corrected chi connectivity index (χ1v) is 5.28. The molecule has 0 aliphatic carbocycles. The summed E-state index contributed by atoms with van der Waals surface area (Å²) in [6, 6.07) is -2.90. The van der Waals surface area contributed by atoms with E-state index in [0.29, 0.717) is 0 Å². The Morgan fingerprint density at radius 1 is 1.00 bits per heavy atom. The molecule has 16 heavy (non-hydrogen) atoms. The minimum atomic E-state index is -2.09. The standard InChI is InChI=1S/C12H9BO2S/c14-13(15)9-5-3-7-11-12(9)8-4-1-2-6-10(8)16-11/h1-7,14-15H/i1D,2D,3D,4D,5D,6D,7D. The third kappa shape index (κ3) is 1.35. The Balaban J connectivity index is 2.74. The summed E-state index contributed by atoms with van der Waals surface area (Å²) >= 11 is 0.882. The van der Waals surface area contributed by atoms with Crippen molar-refractivity contribution >= 4 is 44.1 Å². The lowest BCUT2D eigenvalue weighted by molar-refractivity contribution is 0.426. The Morgan fingerprint density at radius 2 is 1.75 bits per heavy atom. The lowest BCUT2D eigenvalue weighted by atomic mass is 9.77. The third-order valence-electron chi connectivity index (χ3n) is 2.24. The second kappa shape index (κ2) is 3.59. The van der Waals surface area contributed by atoms with Crippen molar-refractivity contribution in [1.82, 2.24) is 0 Å². The number of hydrogen-bond donors (Lipinski definition) is 2.